The van der Waals surface area contributed by atoms with Crippen LogP contribution in [0.25, 0.3) is 11.0 Å². The van der Waals surface area contributed by atoms with E-state index in [-0.39, 0.29) is 22.5 Å². The number of fused-ring (bicyclic) bond motifs is 1. The molecule has 2 N–H and O–H groups in total. The summed E-state index contributed by atoms with van der Waals surface area (Å²) in [5.74, 6) is 0.747. The minimum absolute atomic E-state index is 0.0677. The van der Waals surface area contributed by atoms with Gasteiger partial charge < -0.3 is 10.3 Å². The molecule has 2 heterocycles. The third-order valence-corrected chi connectivity index (χ3v) is 7.48. The molecule has 0 aliphatic carbocycles. The summed E-state index contributed by atoms with van der Waals surface area (Å²) in [6.45, 7) is 4.85. The Labute approximate surface area is 180 Å². The van der Waals surface area contributed by atoms with E-state index < -0.39 is 14.9 Å². The summed E-state index contributed by atoms with van der Waals surface area (Å²) in [6, 6.07) is 11.3. The summed E-state index contributed by atoms with van der Waals surface area (Å²) in [5.41, 5.74) is 1.78. The van der Waals surface area contributed by atoms with Crippen LogP contribution in [0.1, 0.15) is 38.6 Å². The summed E-state index contributed by atoms with van der Waals surface area (Å²) < 4.78 is 28.0. The van der Waals surface area contributed by atoms with Crippen molar-refractivity contribution in [3.05, 3.63) is 58.4 Å². The second-order valence-corrected chi connectivity index (χ2v) is 9.96. The fourth-order valence-electron chi connectivity index (χ4n) is 3.86. The van der Waals surface area contributed by atoms with Crippen molar-refractivity contribution in [2.75, 3.05) is 18.4 Å². The molecular formula is C21H25N5O4S. The molecule has 9 nitrogen and oxygen atoms in total. The molecule has 10 heteroatoms. The highest BCUT2D eigenvalue weighted by Gasteiger charge is 2.32. The molecule has 0 bridgehead atoms. The number of H-pyrrole nitrogens is 1. The van der Waals surface area contributed by atoms with E-state index in [1.54, 1.807) is 0 Å². The van der Waals surface area contributed by atoms with Crippen molar-refractivity contribution < 1.29 is 13.3 Å². The highest BCUT2D eigenvalue weighted by atomic mass is 32.2. The number of benzene rings is 2. The maximum Gasteiger partial charge on any atom is 0.270 e. The van der Waals surface area contributed by atoms with Gasteiger partial charge in [-0.1, -0.05) is 26.0 Å². The molecule has 0 saturated carbocycles. The number of aromatic amines is 1. The largest absolute Gasteiger partial charge is 0.374 e. The van der Waals surface area contributed by atoms with Gasteiger partial charge >= 0.3 is 0 Å². The van der Waals surface area contributed by atoms with Crippen LogP contribution >= 0.6 is 0 Å². The fraction of sp³-hybridized carbons (Fsp3) is 0.381. The van der Waals surface area contributed by atoms with E-state index >= 15 is 0 Å². The van der Waals surface area contributed by atoms with Gasteiger partial charge in [0, 0.05) is 25.2 Å². The van der Waals surface area contributed by atoms with Crippen molar-refractivity contribution >= 4 is 32.4 Å². The van der Waals surface area contributed by atoms with Gasteiger partial charge in [0.05, 0.1) is 27.7 Å². The smallest absolute Gasteiger partial charge is 0.270 e. The zero-order valence-electron chi connectivity index (χ0n) is 17.4. The molecule has 1 saturated heterocycles. The Balaban J connectivity index is 1.77. The first-order chi connectivity index (χ1) is 14.8. The number of sulfonamides is 1. The van der Waals surface area contributed by atoms with Crippen LogP contribution in [0.3, 0.4) is 0 Å². The molecule has 1 fully saturated rings. The summed E-state index contributed by atoms with van der Waals surface area (Å²) >= 11 is 0. The quantitative estimate of drug-likeness (QED) is 0.419. The number of rotatable bonds is 7. The lowest BCUT2D eigenvalue weighted by Crippen LogP contribution is -2.29. The summed E-state index contributed by atoms with van der Waals surface area (Å²) in [5, 5.41) is 14.6. The van der Waals surface area contributed by atoms with Gasteiger partial charge in [0.15, 0.2) is 0 Å². The lowest BCUT2D eigenvalue weighted by molar-refractivity contribution is -0.385. The van der Waals surface area contributed by atoms with E-state index in [1.165, 1.54) is 16.4 Å². The highest BCUT2D eigenvalue weighted by Crippen LogP contribution is 2.34. The first-order valence-electron chi connectivity index (χ1n) is 10.3. The van der Waals surface area contributed by atoms with Crippen molar-refractivity contribution in [2.24, 2.45) is 5.92 Å². The number of anilines is 1. The fourth-order valence-corrected chi connectivity index (χ4v) is 5.55. The predicted octanol–water partition coefficient (Wildman–Crippen LogP) is 4.06. The monoisotopic (exact) mass is 443 g/mol. The molecule has 1 atom stereocenters. The Morgan fingerprint density at radius 3 is 2.52 bits per heavy atom. The Kier molecular flexibility index (Phi) is 5.67. The lowest BCUT2D eigenvalue weighted by atomic mass is 10.0. The van der Waals surface area contributed by atoms with Crippen LogP contribution in [-0.4, -0.2) is 40.7 Å². The number of nitro benzene ring substituents is 1. The molecule has 0 unspecified atom stereocenters. The average Bonchev–Trinajstić information content (AvgIpc) is 3.41. The Morgan fingerprint density at radius 1 is 1.16 bits per heavy atom. The van der Waals surface area contributed by atoms with Crippen LogP contribution in [0.4, 0.5) is 11.4 Å². The van der Waals surface area contributed by atoms with Crippen molar-refractivity contribution in [1.82, 2.24) is 14.3 Å². The molecular weight excluding hydrogens is 418 g/mol. The SMILES string of the molecule is CC(C)[C@H](Nc1ccc([N+](=O)[O-])cc1S(=O)(=O)N1CCCC1)c1nc2ccccc2[nH]1. The Hall–Kier alpha value is -2.98. The summed E-state index contributed by atoms with van der Waals surface area (Å²) in [4.78, 5) is 18.6. The van der Waals surface area contributed by atoms with Crippen LogP contribution in [0.2, 0.25) is 0 Å². The molecule has 1 aliphatic rings. The molecule has 0 spiro atoms. The van der Waals surface area contributed by atoms with Crippen LogP contribution in [-0.2, 0) is 10.0 Å². The lowest BCUT2D eigenvalue weighted by Gasteiger charge is -2.24. The first-order valence-corrected chi connectivity index (χ1v) is 11.7. The third kappa shape index (κ3) is 4.13. The van der Waals surface area contributed by atoms with Gasteiger partial charge in [-0.05, 0) is 37.0 Å². The van der Waals surface area contributed by atoms with Gasteiger partial charge in [-0.25, -0.2) is 13.4 Å². The number of hydrogen-bond donors (Lipinski definition) is 2. The second kappa shape index (κ2) is 8.27. The number of imidazole rings is 1. The zero-order chi connectivity index (χ0) is 22.2. The van der Waals surface area contributed by atoms with Crippen LogP contribution < -0.4 is 5.32 Å². The molecule has 3 aromatic rings. The van der Waals surface area contributed by atoms with Crippen LogP contribution in [0.5, 0.6) is 0 Å². The van der Waals surface area contributed by atoms with Gasteiger partial charge in [-0.2, -0.15) is 4.31 Å². The highest BCUT2D eigenvalue weighted by molar-refractivity contribution is 7.89. The van der Waals surface area contributed by atoms with E-state index in [9.17, 15) is 18.5 Å². The number of para-hydroxylation sites is 2. The number of aromatic nitrogens is 2. The maximum atomic E-state index is 13.3. The molecule has 1 aromatic heterocycles. The average molecular weight is 444 g/mol. The van der Waals surface area contributed by atoms with Crippen LogP contribution in [0, 0.1) is 16.0 Å². The van der Waals surface area contributed by atoms with Gasteiger partial charge in [0.2, 0.25) is 10.0 Å². The minimum Gasteiger partial charge on any atom is -0.374 e. The van der Waals surface area contributed by atoms with Crippen LogP contribution in [0.15, 0.2) is 47.4 Å². The first kappa shape index (κ1) is 21.3. The molecule has 0 amide bonds. The van der Waals surface area contributed by atoms with Gasteiger partial charge in [-0.15, -0.1) is 0 Å². The normalized spacial score (nSPS) is 16.1. The van der Waals surface area contributed by atoms with Gasteiger partial charge in [-0.3, -0.25) is 10.1 Å². The Bertz CT molecular complexity index is 1180. The number of nitro groups is 1. The topological polar surface area (TPSA) is 121 Å². The molecule has 0 radical (unpaired) electrons. The number of nitrogens with zero attached hydrogens (tertiary/aromatic N) is 3. The van der Waals surface area contributed by atoms with E-state index in [0.29, 0.717) is 24.6 Å². The van der Waals surface area contributed by atoms with Gasteiger partial charge in [0.1, 0.15) is 10.7 Å². The van der Waals surface area contributed by atoms with E-state index in [1.807, 2.05) is 38.1 Å². The van der Waals surface area contributed by atoms with Crippen molar-refractivity contribution in [1.29, 1.82) is 0 Å². The number of non-ortho nitro benzene ring substituents is 1. The standard InChI is InChI=1S/C21H25N5O4S/c1-14(2)20(21-23-16-7-3-4-8-17(16)24-21)22-18-10-9-15(26(27)28)13-19(18)31(29,30)25-11-5-6-12-25/h3-4,7-10,13-14,20,22H,5-6,11-12H2,1-2H3,(H,23,24)/t20-/m0/s1. The molecule has 4 rings (SSSR count). The second-order valence-electron chi connectivity index (χ2n) is 8.05. The molecule has 2 aromatic carbocycles. The van der Waals surface area contributed by atoms with E-state index in [0.717, 1.165) is 29.9 Å². The van der Waals surface area contributed by atoms with Crippen molar-refractivity contribution in [3.63, 3.8) is 0 Å². The van der Waals surface area contributed by atoms with Gasteiger partial charge in [0.25, 0.3) is 5.69 Å². The van der Waals surface area contributed by atoms with E-state index in [2.05, 4.69) is 15.3 Å². The maximum absolute atomic E-state index is 13.3. The third-order valence-electron chi connectivity index (χ3n) is 5.54. The summed E-state index contributed by atoms with van der Waals surface area (Å²) in [7, 11) is -3.87. The van der Waals surface area contributed by atoms with Crippen molar-refractivity contribution in [3.8, 4) is 0 Å². The van der Waals surface area contributed by atoms with Crippen molar-refractivity contribution in [2.45, 2.75) is 37.6 Å². The minimum atomic E-state index is -3.87. The zero-order valence-corrected chi connectivity index (χ0v) is 18.2. The molecule has 1 aliphatic heterocycles. The summed E-state index contributed by atoms with van der Waals surface area (Å²) in [6.07, 6.45) is 1.56. The molecule has 164 valence electrons. The predicted molar refractivity (Wildman–Crippen MR) is 118 cm³/mol. The Morgan fingerprint density at radius 2 is 1.87 bits per heavy atom. The number of nitrogens with one attached hydrogen (secondary N) is 2. The number of hydrogen-bond acceptors (Lipinski definition) is 6. The van der Waals surface area contributed by atoms with E-state index in [4.69, 9.17) is 0 Å². The molecule has 31 heavy (non-hydrogen) atoms.